The van der Waals surface area contributed by atoms with Crippen LogP contribution in [0.15, 0.2) is 0 Å². The van der Waals surface area contributed by atoms with Crippen LogP contribution < -0.4 is 4.43 Å². The largest absolute Gasteiger partial charge is 0.539 e. The van der Waals surface area contributed by atoms with Gasteiger partial charge in [0.1, 0.15) is 0 Å². The molecule has 0 bridgehead atoms. The molecule has 0 atom stereocenters. The van der Waals surface area contributed by atoms with Gasteiger partial charge in [0.2, 0.25) is 5.82 Å². The summed E-state index contributed by atoms with van der Waals surface area (Å²) in [6, 6.07) is 5.59. The molecule has 0 heterocycles. The predicted molar refractivity (Wildman–Crippen MR) is 241 cm³/mol. The van der Waals surface area contributed by atoms with E-state index in [1.807, 2.05) is 13.8 Å². The molecule has 0 saturated carbocycles. The van der Waals surface area contributed by atoms with E-state index in [2.05, 4.69) is 83.1 Å². The van der Waals surface area contributed by atoms with Gasteiger partial charge in [-0.3, -0.25) is 0 Å². The molecule has 0 aliphatic rings. The van der Waals surface area contributed by atoms with Gasteiger partial charge in [-0.25, -0.2) is 22.0 Å². The van der Waals surface area contributed by atoms with Crippen molar-refractivity contribution in [2.75, 3.05) is 0 Å². The quantitative estimate of drug-likeness (QED) is 0.0286. The molecule has 2 aromatic rings. The van der Waals surface area contributed by atoms with Crippen LogP contribution in [0.3, 0.4) is 0 Å². The maximum absolute atomic E-state index is 16.0. The average molecular weight is 860 g/mol. The minimum absolute atomic E-state index is 0.0845. The zero-order chi connectivity index (χ0) is 43.5. The first-order chi connectivity index (χ1) is 26.6. The summed E-state index contributed by atoms with van der Waals surface area (Å²) in [5, 5.41) is -2.27. The molecule has 1 radical (unpaired) electrons. The first kappa shape index (κ1) is 51.9. The van der Waals surface area contributed by atoms with Crippen LogP contribution in [0.4, 0.5) is 26.3 Å². The third kappa shape index (κ3) is 12.2. The summed E-state index contributed by atoms with van der Waals surface area (Å²) in [6.45, 7) is 32.9. The fourth-order valence-electron chi connectivity index (χ4n) is 11.4. The first-order valence-electron chi connectivity index (χ1n) is 22.8. The minimum atomic E-state index is -3.04. The van der Waals surface area contributed by atoms with E-state index in [-0.39, 0.29) is 5.54 Å². The number of fused-ring (bicyclic) bond motifs is 1. The van der Waals surface area contributed by atoms with Gasteiger partial charge >= 0.3 is 0 Å². The highest BCUT2D eigenvalue weighted by atomic mass is 28.4. The lowest BCUT2D eigenvalue weighted by Crippen LogP contribution is -2.45. The van der Waals surface area contributed by atoms with Crippen molar-refractivity contribution < 1.29 is 30.8 Å². The molecule has 0 amide bonds. The van der Waals surface area contributed by atoms with Crippen LogP contribution in [-0.4, -0.2) is 24.5 Å². The Kier molecular flexibility index (Phi) is 21.0. The summed E-state index contributed by atoms with van der Waals surface area (Å²) in [5.74, 6) is -11.6. The van der Waals surface area contributed by atoms with Gasteiger partial charge in [0.15, 0.2) is 34.8 Å². The lowest BCUT2D eigenvalue weighted by molar-refractivity contribution is 0.403. The Labute approximate surface area is 348 Å². The molecular weight excluding hydrogens is 779 g/mol. The van der Waals surface area contributed by atoms with Gasteiger partial charge in [-0.15, -0.1) is 0 Å². The van der Waals surface area contributed by atoms with Crippen molar-refractivity contribution >= 4 is 35.2 Å². The zero-order valence-electron chi connectivity index (χ0n) is 38.5. The van der Waals surface area contributed by atoms with Crippen LogP contribution in [0.25, 0.3) is 10.8 Å². The van der Waals surface area contributed by atoms with Crippen molar-refractivity contribution in [2.45, 2.75) is 237 Å². The molecule has 329 valence electrons. The highest BCUT2D eigenvalue weighted by Gasteiger charge is 2.44. The summed E-state index contributed by atoms with van der Waals surface area (Å²) in [7, 11) is -5.89. The van der Waals surface area contributed by atoms with Gasteiger partial charge in [-0.05, 0) is 17.6 Å². The monoisotopic (exact) mass is 860 g/mol. The fourth-order valence-corrected chi connectivity index (χ4v) is 28.7. The number of hydrogen-bond acceptors (Lipinski definition) is 1. The number of benzene rings is 2. The van der Waals surface area contributed by atoms with Crippen molar-refractivity contribution in [1.82, 2.24) is 0 Å². The van der Waals surface area contributed by atoms with Gasteiger partial charge < -0.3 is 4.43 Å². The van der Waals surface area contributed by atoms with Crippen molar-refractivity contribution in [3.63, 3.8) is 0 Å². The zero-order valence-corrected chi connectivity index (χ0v) is 41.5. The molecule has 0 unspecified atom stereocenters. The number of unbranched alkanes of at least 4 members (excludes halogenated alkanes) is 10. The third-order valence-electron chi connectivity index (χ3n) is 14.8. The van der Waals surface area contributed by atoms with E-state index in [1.165, 1.54) is 37.8 Å². The molecule has 10 heteroatoms. The molecule has 2 rings (SSSR count). The molecular formula is C47H81F6OSi3. The van der Waals surface area contributed by atoms with Crippen LogP contribution in [0, 0.1) is 41.0 Å². The number of hydrogen-bond donors (Lipinski definition) is 0. The van der Waals surface area contributed by atoms with Gasteiger partial charge in [0.05, 0.1) is 21.5 Å². The van der Waals surface area contributed by atoms with E-state index in [0.717, 1.165) is 84.6 Å². The Morgan fingerprint density at radius 1 is 0.386 bits per heavy atom. The van der Waals surface area contributed by atoms with Gasteiger partial charge in [0.25, 0.3) is 8.32 Å². The molecule has 0 aliphatic carbocycles. The number of halogens is 6. The number of rotatable bonds is 27. The molecule has 0 N–H and O–H groups in total. The van der Waals surface area contributed by atoms with E-state index < -0.39 is 75.9 Å². The fraction of sp³-hybridized carbons (Fsp3) is 0.787. The second-order valence-corrected chi connectivity index (χ2v) is 36.7. The van der Waals surface area contributed by atoms with Crippen molar-refractivity contribution in [3.8, 4) is 5.75 Å². The Morgan fingerprint density at radius 3 is 1.05 bits per heavy atom. The summed E-state index contributed by atoms with van der Waals surface area (Å²) < 4.78 is 96.5. The van der Waals surface area contributed by atoms with Gasteiger partial charge in [-0.2, -0.15) is 4.39 Å². The second-order valence-electron chi connectivity index (χ2n) is 19.8. The van der Waals surface area contributed by atoms with E-state index in [4.69, 9.17) is 4.43 Å². The van der Waals surface area contributed by atoms with E-state index in [1.54, 1.807) is 6.07 Å². The molecule has 57 heavy (non-hydrogen) atoms. The highest BCUT2D eigenvalue weighted by Crippen LogP contribution is 2.47. The second kappa shape index (κ2) is 23.1. The topological polar surface area (TPSA) is 9.23 Å². The predicted octanol–water partition coefficient (Wildman–Crippen LogP) is 18.2. The summed E-state index contributed by atoms with van der Waals surface area (Å²) in [6.07, 6.45) is 12.7. The van der Waals surface area contributed by atoms with E-state index in [0.29, 0.717) is 12.1 Å². The molecule has 0 aromatic heterocycles. The molecule has 2 aromatic carbocycles. The minimum Gasteiger partial charge on any atom is -0.539 e. The highest BCUT2D eigenvalue weighted by molar-refractivity contribution is 6.84. The van der Waals surface area contributed by atoms with Crippen molar-refractivity contribution in [2.24, 2.45) is 0 Å². The normalized spacial score (nSPS) is 13.4. The first-order valence-corrected chi connectivity index (χ1v) is 30.1. The SMILES string of the molecule is CC(C)[Si](CCCCCCCC[Si](C(C)C)(C(C)C)C(C)C)(CCCCCCCC[Si](C(C)C)(C(C)C)C(C)C)Oc1c(F)c(F)c2[c]c(F)c(F)c(F)c2c1F. The maximum atomic E-state index is 16.0. The molecule has 0 saturated heterocycles. The third-order valence-corrected chi connectivity index (χ3v) is 35.3. The van der Waals surface area contributed by atoms with Crippen LogP contribution in [-0.2, 0) is 0 Å². The Bertz CT molecular complexity index is 1430. The smallest absolute Gasteiger partial charge is 0.254 e. The standard InChI is InChI=1S/C47H81F6OSi3/c1-32(2)55(27-23-19-15-17-21-25-29-56(33(3)4,34(5)6)35(7)8,28-24-20-16-18-22-26-30-57(36(9)10,37(11)12)38(13)14)54-47-45(52)41-39(42(49)46(47)53)31-40(48)43(50)44(41)51/h32-38H,15-30H2,1-14H3. The van der Waals surface area contributed by atoms with Crippen LogP contribution in [0.2, 0.25) is 63.0 Å². The molecule has 1 nitrogen and oxygen atoms in total. The Morgan fingerprint density at radius 2 is 0.719 bits per heavy atom. The lowest BCUT2D eigenvalue weighted by Gasteiger charge is -2.43. The van der Waals surface area contributed by atoms with Gasteiger partial charge in [0, 0.05) is 11.5 Å². The van der Waals surface area contributed by atoms with Crippen LogP contribution in [0.5, 0.6) is 5.75 Å². The van der Waals surface area contributed by atoms with Crippen molar-refractivity contribution in [3.05, 3.63) is 41.0 Å². The Hall–Kier alpha value is -1.27. The van der Waals surface area contributed by atoms with Crippen LogP contribution in [0.1, 0.15) is 174 Å². The molecule has 0 fully saturated rings. The molecule has 0 aliphatic heterocycles. The van der Waals surface area contributed by atoms with Gasteiger partial charge in [-0.1, -0.05) is 219 Å². The Balaban J connectivity index is 2.21. The summed E-state index contributed by atoms with van der Waals surface area (Å²) in [4.78, 5) is 0. The van der Waals surface area contributed by atoms with E-state index in [9.17, 15) is 13.2 Å². The van der Waals surface area contributed by atoms with Crippen molar-refractivity contribution in [1.29, 1.82) is 0 Å². The summed E-state index contributed by atoms with van der Waals surface area (Å²) >= 11 is 0. The summed E-state index contributed by atoms with van der Waals surface area (Å²) in [5.41, 5.74) is 4.41. The maximum Gasteiger partial charge on any atom is 0.254 e. The average Bonchev–Trinajstić information content (AvgIpc) is 3.11. The van der Waals surface area contributed by atoms with Crippen LogP contribution >= 0.6 is 0 Å². The molecule has 0 spiro atoms. The lowest BCUT2D eigenvalue weighted by atomic mass is 10.1. The van der Waals surface area contributed by atoms with E-state index >= 15 is 13.2 Å².